The molecule has 0 heterocycles. The summed E-state index contributed by atoms with van der Waals surface area (Å²) in [5.41, 5.74) is 0.800. The molecular weight excluding hydrogens is 408 g/mol. The first-order valence-electron chi connectivity index (χ1n) is 9.96. The zero-order valence-electron chi connectivity index (χ0n) is 17.1. The molecule has 0 radical (unpaired) electrons. The van der Waals surface area contributed by atoms with E-state index in [0.29, 0.717) is 22.3 Å². The number of carbonyl (C=O) groups excluding carboxylic acids is 1. The zero-order valence-corrected chi connectivity index (χ0v) is 17.1. The Bertz CT molecular complexity index is 1240. The second-order valence-corrected chi connectivity index (χ2v) is 7.00. The van der Waals surface area contributed by atoms with E-state index in [1.165, 1.54) is 6.07 Å². The van der Waals surface area contributed by atoms with E-state index >= 15 is 0 Å². The molecule has 4 rings (SSSR count). The molecule has 160 valence electrons. The molecule has 0 atom stereocenters. The van der Waals surface area contributed by atoms with Crippen LogP contribution in [-0.2, 0) is 11.4 Å². The van der Waals surface area contributed by atoms with Crippen molar-refractivity contribution in [2.75, 3.05) is 11.9 Å². The molecule has 1 N–H and O–H groups in total. The maximum atomic E-state index is 12.5. The third-order valence-corrected chi connectivity index (χ3v) is 4.80. The van der Waals surface area contributed by atoms with Crippen molar-refractivity contribution >= 4 is 28.1 Å². The van der Waals surface area contributed by atoms with E-state index in [-0.39, 0.29) is 24.6 Å². The number of fused-ring (bicyclic) bond motifs is 1. The fourth-order valence-corrected chi connectivity index (χ4v) is 3.30. The predicted octanol–water partition coefficient (Wildman–Crippen LogP) is 5.34. The third-order valence-electron chi connectivity index (χ3n) is 4.80. The number of ether oxygens (including phenoxy) is 2. The monoisotopic (exact) mass is 428 g/mol. The minimum absolute atomic E-state index is 0.110. The van der Waals surface area contributed by atoms with Crippen LogP contribution in [0.25, 0.3) is 10.8 Å². The number of para-hydroxylation sites is 1. The lowest BCUT2D eigenvalue weighted by atomic mass is 10.1. The maximum Gasteiger partial charge on any atom is 0.297 e. The van der Waals surface area contributed by atoms with E-state index in [0.717, 1.165) is 5.56 Å². The number of nitrogens with zero attached hydrogens (tertiary/aromatic N) is 1. The molecule has 0 aromatic heterocycles. The largest absolute Gasteiger partial charge is 0.488 e. The highest BCUT2D eigenvalue weighted by Gasteiger charge is 2.23. The van der Waals surface area contributed by atoms with Gasteiger partial charge in [0, 0.05) is 10.8 Å². The summed E-state index contributed by atoms with van der Waals surface area (Å²) in [6, 6.07) is 26.8. The lowest BCUT2D eigenvalue weighted by molar-refractivity contribution is -0.383. The summed E-state index contributed by atoms with van der Waals surface area (Å²) < 4.78 is 11.4. The summed E-state index contributed by atoms with van der Waals surface area (Å²) in [7, 11) is 0. The molecule has 0 aliphatic heterocycles. The van der Waals surface area contributed by atoms with Crippen LogP contribution in [0.5, 0.6) is 11.5 Å². The normalized spacial score (nSPS) is 10.5. The molecule has 0 saturated carbocycles. The molecule has 0 fully saturated rings. The zero-order chi connectivity index (χ0) is 22.3. The summed E-state index contributed by atoms with van der Waals surface area (Å²) in [6.45, 7) is -0.0135. The van der Waals surface area contributed by atoms with Crippen molar-refractivity contribution < 1.29 is 19.2 Å². The van der Waals surface area contributed by atoms with Crippen LogP contribution in [0.3, 0.4) is 0 Å². The van der Waals surface area contributed by atoms with Crippen molar-refractivity contribution in [3.8, 4) is 11.5 Å². The number of rotatable bonds is 8. The van der Waals surface area contributed by atoms with Crippen molar-refractivity contribution in [3.05, 3.63) is 107 Å². The number of anilines is 1. The van der Waals surface area contributed by atoms with Gasteiger partial charge in [0.05, 0.1) is 11.0 Å². The van der Waals surface area contributed by atoms with Crippen LogP contribution in [0.1, 0.15) is 5.56 Å². The number of nitro groups is 1. The summed E-state index contributed by atoms with van der Waals surface area (Å²) >= 11 is 0. The highest BCUT2D eigenvalue weighted by molar-refractivity contribution is 6.08. The van der Waals surface area contributed by atoms with Gasteiger partial charge in [-0.05, 0) is 17.7 Å². The number of hydrogen-bond donors (Lipinski definition) is 1. The molecule has 4 aromatic carbocycles. The second-order valence-electron chi connectivity index (χ2n) is 7.00. The van der Waals surface area contributed by atoms with Gasteiger partial charge < -0.3 is 14.8 Å². The first-order chi connectivity index (χ1) is 15.6. The van der Waals surface area contributed by atoms with Gasteiger partial charge in [-0.2, -0.15) is 0 Å². The SMILES string of the molecule is O=C(COc1ccccc1)Nc1c([N+](=O)[O-])cc(OCc2ccccc2)c2ccccc12. The van der Waals surface area contributed by atoms with Crippen LogP contribution in [0.15, 0.2) is 91.0 Å². The van der Waals surface area contributed by atoms with Gasteiger partial charge in [0.1, 0.15) is 23.8 Å². The van der Waals surface area contributed by atoms with Gasteiger partial charge in [0.25, 0.3) is 11.6 Å². The number of carbonyl (C=O) groups is 1. The smallest absolute Gasteiger partial charge is 0.297 e. The molecule has 0 aliphatic carbocycles. The molecule has 0 unspecified atom stereocenters. The quantitative estimate of drug-likeness (QED) is 0.302. The summed E-state index contributed by atoms with van der Waals surface area (Å²) in [6.07, 6.45) is 0. The summed E-state index contributed by atoms with van der Waals surface area (Å²) in [5.74, 6) is 0.404. The Morgan fingerprint density at radius 3 is 2.16 bits per heavy atom. The molecule has 1 amide bonds. The number of benzene rings is 4. The maximum absolute atomic E-state index is 12.5. The Hall–Kier alpha value is -4.39. The van der Waals surface area contributed by atoms with Crippen LogP contribution in [0.2, 0.25) is 0 Å². The lowest BCUT2D eigenvalue weighted by Crippen LogP contribution is -2.21. The molecular formula is C25H20N2O5. The van der Waals surface area contributed by atoms with Crippen molar-refractivity contribution in [1.29, 1.82) is 0 Å². The minimum atomic E-state index is -0.532. The average molecular weight is 428 g/mol. The van der Waals surface area contributed by atoms with Crippen molar-refractivity contribution in [3.63, 3.8) is 0 Å². The molecule has 0 spiro atoms. The van der Waals surface area contributed by atoms with Gasteiger partial charge in [-0.25, -0.2) is 0 Å². The standard InChI is InChI=1S/C25H20N2O5/c28-24(17-31-19-11-5-2-6-12-19)26-25-21-14-8-7-13-20(21)23(15-22(25)27(29)30)32-16-18-9-3-1-4-10-18/h1-15H,16-17H2,(H,26,28). The minimum Gasteiger partial charge on any atom is -0.488 e. The van der Waals surface area contributed by atoms with Gasteiger partial charge in [-0.1, -0.05) is 72.8 Å². The van der Waals surface area contributed by atoms with E-state index in [9.17, 15) is 14.9 Å². The van der Waals surface area contributed by atoms with Crippen LogP contribution in [-0.4, -0.2) is 17.4 Å². The number of hydrogen-bond acceptors (Lipinski definition) is 5. The molecule has 0 bridgehead atoms. The van der Waals surface area contributed by atoms with Gasteiger partial charge >= 0.3 is 0 Å². The highest BCUT2D eigenvalue weighted by Crippen LogP contribution is 2.39. The fourth-order valence-electron chi connectivity index (χ4n) is 3.30. The van der Waals surface area contributed by atoms with Gasteiger partial charge in [-0.3, -0.25) is 14.9 Å². The van der Waals surface area contributed by atoms with E-state index in [4.69, 9.17) is 9.47 Å². The van der Waals surface area contributed by atoms with E-state index in [1.54, 1.807) is 42.5 Å². The van der Waals surface area contributed by atoms with E-state index < -0.39 is 10.8 Å². The summed E-state index contributed by atoms with van der Waals surface area (Å²) in [5, 5.41) is 15.6. The van der Waals surface area contributed by atoms with Crippen molar-refractivity contribution in [2.45, 2.75) is 6.61 Å². The van der Waals surface area contributed by atoms with E-state index in [2.05, 4.69) is 5.32 Å². The summed E-state index contributed by atoms with van der Waals surface area (Å²) in [4.78, 5) is 23.8. The topological polar surface area (TPSA) is 90.7 Å². The Balaban J connectivity index is 1.62. The van der Waals surface area contributed by atoms with Crippen LogP contribution < -0.4 is 14.8 Å². The third kappa shape index (κ3) is 4.84. The Morgan fingerprint density at radius 2 is 1.47 bits per heavy atom. The Labute approximate surface area is 184 Å². The lowest BCUT2D eigenvalue weighted by Gasteiger charge is -2.14. The Kier molecular flexibility index (Phi) is 6.27. The van der Waals surface area contributed by atoms with Gasteiger partial charge in [0.2, 0.25) is 0 Å². The molecule has 7 nitrogen and oxygen atoms in total. The molecule has 4 aromatic rings. The first kappa shape index (κ1) is 20.9. The van der Waals surface area contributed by atoms with E-state index in [1.807, 2.05) is 42.5 Å². The van der Waals surface area contributed by atoms with Gasteiger partial charge in [-0.15, -0.1) is 0 Å². The van der Waals surface area contributed by atoms with Crippen LogP contribution in [0.4, 0.5) is 11.4 Å². The highest BCUT2D eigenvalue weighted by atomic mass is 16.6. The number of amides is 1. The molecule has 0 aliphatic rings. The van der Waals surface area contributed by atoms with Crippen molar-refractivity contribution in [2.24, 2.45) is 0 Å². The molecule has 0 saturated heterocycles. The molecule has 32 heavy (non-hydrogen) atoms. The van der Waals surface area contributed by atoms with Crippen LogP contribution in [0, 0.1) is 10.1 Å². The van der Waals surface area contributed by atoms with Crippen molar-refractivity contribution in [1.82, 2.24) is 0 Å². The predicted molar refractivity (Wildman–Crippen MR) is 122 cm³/mol. The van der Waals surface area contributed by atoms with Crippen LogP contribution >= 0.6 is 0 Å². The Morgan fingerprint density at radius 1 is 0.844 bits per heavy atom. The second kappa shape index (κ2) is 9.61. The fraction of sp³-hybridized carbons (Fsp3) is 0.0800. The first-order valence-corrected chi connectivity index (χ1v) is 9.96. The van der Waals surface area contributed by atoms with Gasteiger partial charge in [0.15, 0.2) is 6.61 Å². The average Bonchev–Trinajstić information content (AvgIpc) is 2.83. The number of nitrogens with one attached hydrogen (secondary N) is 1. The number of nitro benzene ring substituents is 1. The molecule has 7 heteroatoms.